The summed E-state index contributed by atoms with van der Waals surface area (Å²) in [6.45, 7) is -0.211. The summed E-state index contributed by atoms with van der Waals surface area (Å²) in [6, 6.07) is 16.4. The average Bonchev–Trinajstić information content (AvgIpc) is 3.14. The maximum absolute atomic E-state index is 14.4. The number of benzene rings is 3. The second-order valence-corrected chi connectivity index (χ2v) is 8.48. The summed E-state index contributed by atoms with van der Waals surface area (Å²) >= 11 is 12.0. The zero-order valence-corrected chi connectivity index (χ0v) is 19.6. The van der Waals surface area contributed by atoms with Crippen molar-refractivity contribution in [2.75, 3.05) is 12.4 Å². The molecule has 35 heavy (non-hydrogen) atoms. The topological polar surface area (TPSA) is 60.3 Å². The molecule has 180 valence electrons. The third-order valence-electron chi connectivity index (χ3n) is 5.33. The van der Waals surface area contributed by atoms with Crippen LogP contribution in [0.2, 0.25) is 10.0 Å². The lowest BCUT2D eigenvalue weighted by Crippen LogP contribution is -2.26. The summed E-state index contributed by atoms with van der Waals surface area (Å²) in [5.41, 5.74) is -1.15. The number of halogens is 5. The fourth-order valence-corrected chi connectivity index (χ4v) is 4.06. The lowest BCUT2D eigenvalue weighted by Gasteiger charge is -2.15. The van der Waals surface area contributed by atoms with Crippen LogP contribution in [0, 0.1) is 0 Å². The highest BCUT2D eigenvalue weighted by Gasteiger charge is 2.42. The van der Waals surface area contributed by atoms with E-state index >= 15 is 0 Å². The molecule has 0 saturated carbocycles. The van der Waals surface area contributed by atoms with E-state index in [1.807, 2.05) is 0 Å². The number of rotatable bonds is 6. The quantitative estimate of drug-likeness (QED) is 0.223. The molecular formula is C25H17Cl2F3N2O3. The summed E-state index contributed by atoms with van der Waals surface area (Å²) < 4.78 is 49.1. The predicted octanol–water partition coefficient (Wildman–Crippen LogP) is 6.85. The molecular weight excluding hydrogens is 504 g/mol. The van der Waals surface area contributed by atoms with Gasteiger partial charge in [-0.1, -0.05) is 35.3 Å². The number of hydrogen-bond donors (Lipinski definition) is 1. The number of carbonyl (C=O) groups is 2. The fourth-order valence-electron chi connectivity index (χ4n) is 3.76. The smallest absolute Gasteiger partial charge is 0.432 e. The number of Topliss-reactive ketones (excluding diaryl/α,β-unsaturated/α-hetero) is 1. The van der Waals surface area contributed by atoms with Crippen LogP contribution in [0.15, 0.2) is 66.7 Å². The van der Waals surface area contributed by atoms with Crippen molar-refractivity contribution in [1.82, 2.24) is 4.57 Å². The highest BCUT2D eigenvalue weighted by atomic mass is 35.5. The molecule has 0 aliphatic carbocycles. The molecule has 0 saturated heterocycles. The molecule has 1 amide bonds. The fraction of sp³-hybridized carbons (Fsp3) is 0.120. The van der Waals surface area contributed by atoms with E-state index in [9.17, 15) is 22.8 Å². The largest absolute Gasteiger partial charge is 0.497 e. The molecule has 0 aliphatic heterocycles. The van der Waals surface area contributed by atoms with E-state index in [0.29, 0.717) is 16.3 Å². The molecule has 4 rings (SSSR count). The molecule has 10 heteroatoms. The first kappa shape index (κ1) is 24.6. The number of methoxy groups -OCH3 is 1. The van der Waals surface area contributed by atoms with Crippen LogP contribution < -0.4 is 10.1 Å². The molecule has 1 heterocycles. The Morgan fingerprint density at radius 2 is 1.57 bits per heavy atom. The van der Waals surface area contributed by atoms with Gasteiger partial charge in [0.05, 0.1) is 12.7 Å². The second kappa shape index (κ2) is 9.64. The van der Waals surface area contributed by atoms with Crippen molar-refractivity contribution < 1.29 is 27.5 Å². The third-order valence-corrected chi connectivity index (χ3v) is 5.82. The minimum Gasteiger partial charge on any atom is -0.497 e. The number of amides is 1. The maximum atomic E-state index is 14.4. The first-order chi connectivity index (χ1) is 16.6. The van der Waals surface area contributed by atoms with Crippen molar-refractivity contribution in [3.8, 4) is 5.75 Å². The highest BCUT2D eigenvalue weighted by molar-refractivity contribution is 6.49. The number of nitrogens with zero attached hydrogens (tertiary/aromatic N) is 1. The van der Waals surface area contributed by atoms with Gasteiger partial charge in [-0.2, -0.15) is 13.2 Å². The number of carbonyl (C=O) groups excluding carboxylic acids is 2. The molecule has 0 spiro atoms. The standard InChI is InChI=1S/C25H17Cl2F3N2O3/c1-35-18-9-7-17(8-10-18)31-24(34)22(33)21-19-12-16(27)6-11-20(19)32(23(21)25(28,29)30)13-14-2-4-15(26)5-3-14/h2-12H,13H2,1H3,(H,31,34). The first-order valence-electron chi connectivity index (χ1n) is 10.2. The number of hydrogen-bond acceptors (Lipinski definition) is 3. The molecule has 3 aromatic carbocycles. The van der Waals surface area contributed by atoms with E-state index in [1.165, 1.54) is 37.4 Å². The highest BCUT2D eigenvalue weighted by Crippen LogP contribution is 2.40. The van der Waals surface area contributed by atoms with Gasteiger partial charge in [-0.15, -0.1) is 0 Å². The van der Waals surface area contributed by atoms with Crippen molar-refractivity contribution >= 4 is 51.5 Å². The zero-order valence-electron chi connectivity index (χ0n) is 18.1. The van der Waals surface area contributed by atoms with Gasteiger partial charge in [0.15, 0.2) is 0 Å². The van der Waals surface area contributed by atoms with Crippen LogP contribution in [0.5, 0.6) is 5.75 Å². The maximum Gasteiger partial charge on any atom is 0.432 e. The predicted molar refractivity (Wildman–Crippen MR) is 128 cm³/mol. The van der Waals surface area contributed by atoms with E-state index < -0.39 is 29.1 Å². The molecule has 1 aromatic heterocycles. The van der Waals surface area contributed by atoms with E-state index in [0.717, 1.165) is 4.57 Å². The van der Waals surface area contributed by atoms with Crippen LogP contribution in [0.1, 0.15) is 21.6 Å². The summed E-state index contributed by atoms with van der Waals surface area (Å²) in [5.74, 6) is -2.05. The molecule has 4 aromatic rings. The number of alkyl halides is 3. The van der Waals surface area contributed by atoms with Crippen LogP contribution in [0.3, 0.4) is 0 Å². The van der Waals surface area contributed by atoms with Gasteiger partial charge in [0.1, 0.15) is 11.4 Å². The second-order valence-electron chi connectivity index (χ2n) is 7.61. The molecule has 0 unspecified atom stereocenters. The molecule has 5 nitrogen and oxygen atoms in total. The van der Waals surface area contributed by atoms with Crippen molar-refractivity contribution in [3.63, 3.8) is 0 Å². The number of aromatic nitrogens is 1. The van der Waals surface area contributed by atoms with Crippen LogP contribution in [0.4, 0.5) is 18.9 Å². The van der Waals surface area contributed by atoms with Gasteiger partial charge in [0.25, 0.3) is 11.7 Å². The minimum atomic E-state index is -4.94. The molecule has 0 fully saturated rings. The van der Waals surface area contributed by atoms with Crippen LogP contribution in [0.25, 0.3) is 10.9 Å². The van der Waals surface area contributed by atoms with E-state index in [2.05, 4.69) is 5.32 Å². The SMILES string of the molecule is COc1ccc(NC(=O)C(=O)c2c(C(F)(F)F)n(Cc3ccc(Cl)cc3)c3ccc(Cl)cc23)cc1. The first-order valence-corrected chi connectivity index (χ1v) is 11.0. The van der Waals surface area contributed by atoms with E-state index in [4.69, 9.17) is 27.9 Å². The Hall–Kier alpha value is -3.49. The normalized spacial score (nSPS) is 11.5. The van der Waals surface area contributed by atoms with Gasteiger partial charge < -0.3 is 14.6 Å². The summed E-state index contributed by atoms with van der Waals surface area (Å²) in [6.07, 6.45) is -4.94. The minimum absolute atomic E-state index is 0.0753. The number of ketones is 1. The van der Waals surface area contributed by atoms with Gasteiger partial charge in [0, 0.05) is 33.2 Å². The van der Waals surface area contributed by atoms with Crippen molar-refractivity contribution in [1.29, 1.82) is 0 Å². The molecule has 0 radical (unpaired) electrons. The van der Waals surface area contributed by atoms with E-state index in [1.54, 1.807) is 36.4 Å². The van der Waals surface area contributed by atoms with Crippen molar-refractivity contribution in [2.45, 2.75) is 12.7 Å². The Morgan fingerprint density at radius 3 is 2.17 bits per heavy atom. The monoisotopic (exact) mass is 520 g/mol. The van der Waals surface area contributed by atoms with Crippen LogP contribution in [-0.4, -0.2) is 23.4 Å². The third kappa shape index (κ3) is 5.13. The van der Waals surface area contributed by atoms with Crippen molar-refractivity contribution in [2.24, 2.45) is 0 Å². The summed E-state index contributed by atoms with van der Waals surface area (Å²) in [4.78, 5) is 25.9. The Kier molecular flexibility index (Phi) is 6.78. The lowest BCUT2D eigenvalue weighted by molar-refractivity contribution is -0.143. The van der Waals surface area contributed by atoms with Gasteiger partial charge >= 0.3 is 6.18 Å². The Labute approximate surface area is 208 Å². The van der Waals surface area contributed by atoms with Gasteiger partial charge in [0.2, 0.25) is 0 Å². The van der Waals surface area contributed by atoms with Crippen molar-refractivity contribution in [3.05, 3.63) is 93.6 Å². The van der Waals surface area contributed by atoms with Gasteiger partial charge in [-0.3, -0.25) is 9.59 Å². The average molecular weight is 521 g/mol. The molecule has 0 atom stereocenters. The van der Waals surface area contributed by atoms with Crippen LogP contribution >= 0.6 is 23.2 Å². The number of anilines is 1. The van der Waals surface area contributed by atoms with E-state index in [-0.39, 0.29) is 28.2 Å². The Morgan fingerprint density at radius 1 is 0.943 bits per heavy atom. The molecule has 0 aliphatic rings. The number of nitrogens with one attached hydrogen (secondary N) is 1. The van der Waals surface area contributed by atoms with Crippen LogP contribution in [-0.2, 0) is 17.5 Å². The Balaban J connectivity index is 1.83. The van der Waals surface area contributed by atoms with Gasteiger partial charge in [-0.25, -0.2) is 0 Å². The molecule has 1 N–H and O–H groups in total. The summed E-state index contributed by atoms with van der Waals surface area (Å²) in [7, 11) is 1.46. The lowest BCUT2D eigenvalue weighted by atomic mass is 10.0. The van der Waals surface area contributed by atoms with Gasteiger partial charge in [-0.05, 0) is 60.2 Å². The summed E-state index contributed by atoms with van der Waals surface area (Å²) in [5, 5.41) is 2.83. The molecule has 0 bridgehead atoms. The number of ether oxygens (including phenoxy) is 1. The zero-order chi connectivity index (χ0) is 25.3. The number of fused-ring (bicyclic) bond motifs is 1. The Bertz CT molecular complexity index is 1410.